The zero-order valence-electron chi connectivity index (χ0n) is 11.7. The SMILES string of the molecule is Cc1ccc(CNc2ccc(-c3cnc[nH]3)cc2)c(Br)c1. The third-order valence-corrected chi connectivity index (χ3v) is 4.12. The van der Waals surface area contributed by atoms with Crippen molar-refractivity contribution in [2.75, 3.05) is 5.32 Å². The summed E-state index contributed by atoms with van der Waals surface area (Å²) in [5.41, 5.74) is 5.77. The van der Waals surface area contributed by atoms with Gasteiger partial charge in [-0.15, -0.1) is 0 Å². The molecule has 0 aliphatic carbocycles. The van der Waals surface area contributed by atoms with E-state index in [9.17, 15) is 0 Å². The largest absolute Gasteiger partial charge is 0.381 e. The molecule has 0 spiro atoms. The summed E-state index contributed by atoms with van der Waals surface area (Å²) >= 11 is 3.61. The lowest BCUT2D eigenvalue weighted by molar-refractivity contribution is 1.13. The van der Waals surface area contributed by atoms with Crippen LogP contribution in [0.25, 0.3) is 11.3 Å². The highest BCUT2D eigenvalue weighted by atomic mass is 79.9. The lowest BCUT2D eigenvalue weighted by atomic mass is 10.1. The molecule has 0 aliphatic heterocycles. The lowest BCUT2D eigenvalue weighted by Gasteiger charge is -2.09. The van der Waals surface area contributed by atoms with Gasteiger partial charge >= 0.3 is 0 Å². The molecule has 1 heterocycles. The second kappa shape index (κ2) is 6.14. The first-order chi connectivity index (χ1) is 10.2. The van der Waals surface area contributed by atoms with E-state index in [1.54, 1.807) is 6.33 Å². The molecular weight excluding hydrogens is 326 g/mol. The molecule has 3 rings (SSSR count). The van der Waals surface area contributed by atoms with Gasteiger partial charge in [0.05, 0.1) is 18.2 Å². The molecule has 4 heteroatoms. The molecule has 0 radical (unpaired) electrons. The van der Waals surface area contributed by atoms with Gasteiger partial charge in [0.25, 0.3) is 0 Å². The lowest BCUT2D eigenvalue weighted by Crippen LogP contribution is -2.00. The third kappa shape index (κ3) is 3.34. The van der Waals surface area contributed by atoms with E-state index in [1.807, 2.05) is 6.20 Å². The predicted octanol–water partition coefficient (Wildman–Crippen LogP) is 4.76. The highest BCUT2D eigenvalue weighted by Gasteiger charge is 2.01. The predicted molar refractivity (Wildman–Crippen MR) is 90.2 cm³/mol. The summed E-state index contributed by atoms with van der Waals surface area (Å²) in [6.07, 6.45) is 3.52. The van der Waals surface area contributed by atoms with Crippen LogP contribution in [0.5, 0.6) is 0 Å². The van der Waals surface area contributed by atoms with Gasteiger partial charge in [-0.1, -0.05) is 40.2 Å². The number of hydrogen-bond acceptors (Lipinski definition) is 2. The Bertz CT molecular complexity index is 718. The number of H-pyrrole nitrogens is 1. The summed E-state index contributed by atoms with van der Waals surface area (Å²) in [5.74, 6) is 0. The Morgan fingerprint density at radius 3 is 2.62 bits per heavy atom. The van der Waals surface area contributed by atoms with Gasteiger partial charge in [0.15, 0.2) is 0 Å². The van der Waals surface area contributed by atoms with Crippen molar-refractivity contribution < 1.29 is 0 Å². The first kappa shape index (κ1) is 13.9. The van der Waals surface area contributed by atoms with E-state index in [4.69, 9.17) is 0 Å². The Morgan fingerprint density at radius 1 is 1.14 bits per heavy atom. The average Bonchev–Trinajstić information content (AvgIpc) is 3.01. The minimum Gasteiger partial charge on any atom is -0.381 e. The molecule has 0 amide bonds. The maximum atomic E-state index is 4.04. The number of aromatic nitrogens is 2. The molecule has 21 heavy (non-hydrogen) atoms. The molecular formula is C17H16BrN3. The van der Waals surface area contributed by atoms with Crippen LogP contribution in [-0.2, 0) is 6.54 Å². The van der Waals surface area contributed by atoms with E-state index < -0.39 is 0 Å². The van der Waals surface area contributed by atoms with Crippen molar-refractivity contribution in [3.63, 3.8) is 0 Å². The molecule has 1 aromatic heterocycles. The molecule has 0 atom stereocenters. The summed E-state index contributed by atoms with van der Waals surface area (Å²) in [7, 11) is 0. The van der Waals surface area contributed by atoms with Crippen molar-refractivity contribution >= 4 is 21.6 Å². The van der Waals surface area contributed by atoms with Crippen LogP contribution in [-0.4, -0.2) is 9.97 Å². The van der Waals surface area contributed by atoms with Gasteiger partial charge in [-0.05, 0) is 41.8 Å². The Kier molecular flexibility index (Phi) is 4.06. The molecule has 3 nitrogen and oxygen atoms in total. The minimum absolute atomic E-state index is 0.796. The number of aromatic amines is 1. The standard InChI is InChI=1S/C17H16BrN3/c1-12-2-3-14(16(18)8-12)9-20-15-6-4-13(5-7-15)17-10-19-11-21-17/h2-8,10-11,20H,9H2,1H3,(H,19,21). The van der Waals surface area contributed by atoms with Crippen LogP contribution >= 0.6 is 15.9 Å². The van der Waals surface area contributed by atoms with Gasteiger partial charge in [0.1, 0.15) is 0 Å². The summed E-state index contributed by atoms with van der Waals surface area (Å²) in [4.78, 5) is 7.14. The van der Waals surface area contributed by atoms with Crippen LogP contribution in [0.2, 0.25) is 0 Å². The quantitative estimate of drug-likeness (QED) is 0.718. The summed E-state index contributed by atoms with van der Waals surface area (Å²) in [6.45, 7) is 2.89. The van der Waals surface area contributed by atoms with Crippen molar-refractivity contribution in [2.45, 2.75) is 13.5 Å². The molecule has 0 aliphatic rings. The maximum absolute atomic E-state index is 4.04. The normalized spacial score (nSPS) is 10.6. The van der Waals surface area contributed by atoms with E-state index in [2.05, 4.69) is 80.6 Å². The molecule has 2 N–H and O–H groups in total. The first-order valence-electron chi connectivity index (χ1n) is 6.80. The van der Waals surface area contributed by atoms with Gasteiger partial charge in [-0.3, -0.25) is 0 Å². The van der Waals surface area contributed by atoms with Gasteiger partial charge in [-0.2, -0.15) is 0 Å². The molecule has 2 aromatic carbocycles. The second-order valence-electron chi connectivity index (χ2n) is 4.99. The third-order valence-electron chi connectivity index (χ3n) is 3.39. The highest BCUT2D eigenvalue weighted by molar-refractivity contribution is 9.10. The maximum Gasteiger partial charge on any atom is 0.0924 e. The van der Waals surface area contributed by atoms with Crippen LogP contribution in [0.15, 0.2) is 59.5 Å². The van der Waals surface area contributed by atoms with Crippen molar-refractivity contribution in [3.8, 4) is 11.3 Å². The zero-order chi connectivity index (χ0) is 14.7. The van der Waals surface area contributed by atoms with E-state index in [0.717, 1.165) is 28.0 Å². The van der Waals surface area contributed by atoms with Gasteiger partial charge in [-0.25, -0.2) is 4.98 Å². The number of hydrogen-bond donors (Lipinski definition) is 2. The van der Waals surface area contributed by atoms with E-state index in [-0.39, 0.29) is 0 Å². The summed E-state index contributed by atoms with van der Waals surface area (Å²) < 4.78 is 1.14. The second-order valence-corrected chi connectivity index (χ2v) is 5.85. The number of imidazole rings is 1. The monoisotopic (exact) mass is 341 g/mol. The number of nitrogens with one attached hydrogen (secondary N) is 2. The summed E-state index contributed by atoms with van der Waals surface area (Å²) in [6, 6.07) is 14.7. The molecule has 0 saturated carbocycles. The number of nitrogens with zero attached hydrogens (tertiary/aromatic N) is 1. The van der Waals surface area contributed by atoms with Crippen molar-refractivity contribution in [3.05, 3.63) is 70.6 Å². The molecule has 0 unspecified atom stereocenters. The Hall–Kier alpha value is -2.07. The minimum atomic E-state index is 0.796. The molecule has 106 valence electrons. The van der Waals surface area contributed by atoms with Crippen LogP contribution in [0.4, 0.5) is 5.69 Å². The number of rotatable bonds is 4. The average molecular weight is 342 g/mol. The topological polar surface area (TPSA) is 40.7 Å². The van der Waals surface area contributed by atoms with Crippen molar-refractivity contribution in [1.82, 2.24) is 9.97 Å². The fraction of sp³-hybridized carbons (Fsp3) is 0.118. The smallest absolute Gasteiger partial charge is 0.0924 e. The Morgan fingerprint density at radius 2 is 1.95 bits per heavy atom. The van der Waals surface area contributed by atoms with Gasteiger partial charge in [0.2, 0.25) is 0 Å². The van der Waals surface area contributed by atoms with Crippen LogP contribution in [0, 0.1) is 6.92 Å². The fourth-order valence-corrected chi connectivity index (χ4v) is 2.81. The molecule has 0 bridgehead atoms. The number of anilines is 1. The van der Waals surface area contributed by atoms with E-state index in [0.29, 0.717) is 0 Å². The van der Waals surface area contributed by atoms with Crippen molar-refractivity contribution in [1.29, 1.82) is 0 Å². The summed E-state index contributed by atoms with van der Waals surface area (Å²) in [5, 5.41) is 3.44. The molecule has 3 aromatic rings. The number of benzene rings is 2. The fourth-order valence-electron chi connectivity index (χ4n) is 2.17. The van der Waals surface area contributed by atoms with Crippen LogP contribution < -0.4 is 5.32 Å². The Balaban J connectivity index is 1.68. The molecule has 0 saturated heterocycles. The molecule has 0 fully saturated rings. The van der Waals surface area contributed by atoms with E-state index in [1.165, 1.54) is 11.1 Å². The van der Waals surface area contributed by atoms with Crippen LogP contribution in [0.1, 0.15) is 11.1 Å². The van der Waals surface area contributed by atoms with Gasteiger partial charge < -0.3 is 10.3 Å². The number of halogens is 1. The highest BCUT2D eigenvalue weighted by Crippen LogP contribution is 2.22. The van der Waals surface area contributed by atoms with Crippen molar-refractivity contribution in [2.24, 2.45) is 0 Å². The van der Waals surface area contributed by atoms with Crippen LogP contribution in [0.3, 0.4) is 0 Å². The van der Waals surface area contributed by atoms with Gasteiger partial charge in [0, 0.05) is 16.7 Å². The zero-order valence-corrected chi connectivity index (χ0v) is 13.3. The first-order valence-corrected chi connectivity index (χ1v) is 7.59. The number of aryl methyl sites for hydroxylation is 1. The Labute approximate surface area is 132 Å². The van der Waals surface area contributed by atoms with E-state index >= 15 is 0 Å².